The third-order valence-electron chi connectivity index (χ3n) is 6.70. The minimum absolute atomic E-state index is 0.0450. The summed E-state index contributed by atoms with van der Waals surface area (Å²) in [4.78, 5) is 17.9. The van der Waals surface area contributed by atoms with Gasteiger partial charge in [-0.05, 0) is 50.4 Å². The van der Waals surface area contributed by atoms with Gasteiger partial charge >= 0.3 is 5.97 Å². The summed E-state index contributed by atoms with van der Waals surface area (Å²) in [7, 11) is 0. The molecule has 0 radical (unpaired) electrons. The fourth-order valence-corrected chi connectivity index (χ4v) is 5.97. The lowest BCUT2D eigenvalue weighted by Crippen LogP contribution is -2.46. The number of ether oxygens (including phenoxy) is 1. The smallest absolute Gasteiger partial charge is 0.331 e. The van der Waals surface area contributed by atoms with Crippen LogP contribution in [0.1, 0.15) is 76.3 Å². The van der Waals surface area contributed by atoms with Crippen LogP contribution in [0, 0.1) is 0 Å². The highest BCUT2D eigenvalue weighted by atomic mass is 32.1. The van der Waals surface area contributed by atoms with Crippen molar-refractivity contribution in [2.24, 2.45) is 0 Å². The molecule has 28 heavy (non-hydrogen) atoms. The third kappa shape index (κ3) is 3.66. The quantitative estimate of drug-likeness (QED) is 0.522. The molecule has 0 unspecified atom stereocenters. The van der Waals surface area contributed by atoms with Gasteiger partial charge in [-0.15, -0.1) is 0 Å². The van der Waals surface area contributed by atoms with Gasteiger partial charge in [-0.25, -0.2) is 4.79 Å². The molecular formula is C23H32N2O2S. The molecule has 2 aliphatic carbocycles. The number of rotatable bonds is 5. The molecule has 1 aliphatic heterocycles. The molecule has 4 nitrogen and oxygen atoms in total. The Hall–Kier alpha value is -1.62. The van der Waals surface area contributed by atoms with E-state index < -0.39 is 0 Å². The molecule has 1 saturated heterocycles. The van der Waals surface area contributed by atoms with Crippen LogP contribution in [0.15, 0.2) is 30.3 Å². The van der Waals surface area contributed by atoms with Crippen molar-refractivity contribution in [3.8, 4) is 0 Å². The zero-order chi connectivity index (χ0) is 19.5. The second-order valence-corrected chi connectivity index (χ2v) is 8.74. The predicted molar refractivity (Wildman–Crippen MR) is 115 cm³/mol. The second kappa shape index (κ2) is 8.81. The van der Waals surface area contributed by atoms with Gasteiger partial charge < -0.3 is 14.5 Å². The number of esters is 1. The molecule has 0 spiro atoms. The van der Waals surface area contributed by atoms with E-state index in [1.54, 1.807) is 0 Å². The first-order valence-corrected chi connectivity index (χ1v) is 11.5. The fraction of sp³-hybridized carbons (Fsp3) is 0.652. The van der Waals surface area contributed by atoms with Gasteiger partial charge in [0.2, 0.25) is 0 Å². The number of carbonyl (C=O) groups excluding carboxylic acids is 1. The third-order valence-corrected chi connectivity index (χ3v) is 7.12. The lowest BCUT2D eigenvalue weighted by Gasteiger charge is -2.37. The zero-order valence-electron chi connectivity index (χ0n) is 16.9. The van der Waals surface area contributed by atoms with Crippen LogP contribution in [0.2, 0.25) is 0 Å². The summed E-state index contributed by atoms with van der Waals surface area (Å²) in [5, 5.41) is 0.880. The van der Waals surface area contributed by atoms with Gasteiger partial charge in [-0.3, -0.25) is 0 Å². The van der Waals surface area contributed by atoms with Crippen LogP contribution in [0.5, 0.6) is 0 Å². The van der Waals surface area contributed by atoms with E-state index in [2.05, 4.69) is 34.1 Å². The molecule has 2 atom stereocenters. The van der Waals surface area contributed by atoms with Crippen LogP contribution in [0.4, 0.5) is 0 Å². The van der Waals surface area contributed by atoms with Gasteiger partial charge in [0.1, 0.15) is 0 Å². The standard InChI is InChI=1S/C23H32N2O2S/c1-2-27-22(26)21-20(17-11-5-3-6-12-17)24(18-13-7-4-8-14-18)23(28)25(21)19-15-9-10-16-19/h3,5-6,11-12,18-21H,2,4,7-10,13-16H2,1H3/t20-,21+/m1/s1. The highest BCUT2D eigenvalue weighted by molar-refractivity contribution is 7.80. The number of hydrogen-bond donors (Lipinski definition) is 0. The van der Waals surface area contributed by atoms with E-state index in [-0.39, 0.29) is 18.1 Å². The molecule has 4 rings (SSSR count). The largest absolute Gasteiger partial charge is 0.464 e. The van der Waals surface area contributed by atoms with Crippen molar-refractivity contribution < 1.29 is 9.53 Å². The van der Waals surface area contributed by atoms with E-state index in [1.807, 2.05) is 13.0 Å². The second-order valence-electron chi connectivity index (χ2n) is 8.38. The molecule has 1 aromatic carbocycles. The molecule has 0 bridgehead atoms. The monoisotopic (exact) mass is 400 g/mol. The van der Waals surface area contributed by atoms with Crippen molar-refractivity contribution in [3.05, 3.63) is 35.9 Å². The molecule has 3 fully saturated rings. The Morgan fingerprint density at radius 3 is 2.14 bits per heavy atom. The van der Waals surface area contributed by atoms with Crippen LogP contribution in [-0.2, 0) is 9.53 Å². The maximum absolute atomic E-state index is 13.2. The number of benzene rings is 1. The first-order chi connectivity index (χ1) is 13.7. The summed E-state index contributed by atoms with van der Waals surface area (Å²) in [5.41, 5.74) is 1.17. The molecule has 0 aromatic heterocycles. The summed E-state index contributed by atoms with van der Waals surface area (Å²) < 4.78 is 5.58. The van der Waals surface area contributed by atoms with Gasteiger partial charge in [-0.2, -0.15) is 0 Å². The Kier molecular flexibility index (Phi) is 6.19. The zero-order valence-corrected chi connectivity index (χ0v) is 17.7. The molecule has 1 heterocycles. The normalized spacial score (nSPS) is 26.8. The molecule has 3 aliphatic rings. The summed E-state index contributed by atoms with van der Waals surface area (Å²) in [6, 6.07) is 10.9. The summed E-state index contributed by atoms with van der Waals surface area (Å²) in [5.74, 6) is -0.121. The maximum atomic E-state index is 13.2. The van der Waals surface area contributed by atoms with Crippen LogP contribution in [0.25, 0.3) is 0 Å². The molecule has 152 valence electrons. The minimum atomic E-state index is -0.333. The van der Waals surface area contributed by atoms with Crippen molar-refractivity contribution in [2.45, 2.75) is 88.9 Å². The first kappa shape index (κ1) is 19.7. The van der Waals surface area contributed by atoms with Crippen LogP contribution < -0.4 is 0 Å². The lowest BCUT2D eigenvalue weighted by atomic mass is 9.91. The van der Waals surface area contributed by atoms with Gasteiger partial charge in [0.15, 0.2) is 11.2 Å². The van der Waals surface area contributed by atoms with Crippen LogP contribution >= 0.6 is 12.2 Å². The van der Waals surface area contributed by atoms with Crippen molar-refractivity contribution in [1.82, 2.24) is 9.80 Å². The van der Waals surface area contributed by atoms with E-state index in [0.717, 1.165) is 30.8 Å². The molecule has 0 amide bonds. The van der Waals surface area contributed by atoms with E-state index >= 15 is 0 Å². The van der Waals surface area contributed by atoms with E-state index in [9.17, 15) is 4.79 Å². The van der Waals surface area contributed by atoms with Crippen LogP contribution in [-0.4, -0.2) is 45.6 Å². The number of thiocarbonyl (C=S) groups is 1. The average Bonchev–Trinajstić information content (AvgIpc) is 3.35. The Bertz CT molecular complexity index is 683. The molecule has 1 aromatic rings. The number of hydrogen-bond acceptors (Lipinski definition) is 3. The van der Waals surface area contributed by atoms with Gasteiger partial charge in [0, 0.05) is 12.1 Å². The van der Waals surface area contributed by atoms with Gasteiger partial charge in [-0.1, -0.05) is 62.4 Å². The highest BCUT2D eigenvalue weighted by Gasteiger charge is 2.53. The summed E-state index contributed by atoms with van der Waals surface area (Å²) in [6.45, 7) is 2.30. The Labute approximate surface area is 174 Å². The van der Waals surface area contributed by atoms with Gasteiger partial charge in [0.25, 0.3) is 0 Å². The first-order valence-electron chi connectivity index (χ1n) is 11.0. The maximum Gasteiger partial charge on any atom is 0.331 e. The molecule has 0 N–H and O–H groups in total. The average molecular weight is 401 g/mol. The van der Waals surface area contributed by atoms with Crippen LogP contribution in [0.3, 0.4) is 0 Å². The Morgan fingerprint density at radius 1 is 0.964 bits per heavy atom. The predicted octanol–water partition coefficient (Wildman–Crippen LogP) is 4.84. The highest BCUT2D eigenvalue weighted by Crippen LogP contribution is 2.44. The Balaban J connectivity index is 1.76. The van der Waals surface area contributed by atoms with E-state index in [0.29, 0.717) is 18.7 Å². The van der Waals surface area contributed by atoms with Crippen molar-refractivity contribution in [3.63, 3.8) is 0 Å². The minimum Gasteiger partial charge on any atom is -0.464 e. The Morgan fingerprint density at radius 2 is 1.54 bits per heavy atom. The van der Waals surface area contributed by atoms with E-state index in [1.165, 1.54) is 37.7 Å². The number of nitrogens with zero attached hydrogens (tertiary/aromatic N) is 2. The molecule has 2 saturated carbocycles. The number of carbonyl (C=O) groups is 1. The van der Waals surface area contributed by atoms with Crippen molar-refractivity contribution in [1.29, 1.82) is 0 Å². The van der Waals surface area contributed by atoms with Gasteiger partial charge in [0.05, 0.1) is 12.6 Å². The lowest BCUT2D eigenvalue weighted by molar-refractivity contribution is -0.149. The topological polar surface area (TPSA) is 32.8 Å². The summed E-state index contributed by atoms with van der Waals surface area (Å²) in [6.07, 6.45) is 10.8. The summed E-state index contributed by atoms with van der Waals surface area (Å²) >= 11 is 6.08. The SMILES string of the molecule is CCOC(=O)[C@@H]1[C@@H](c2ccccc2)N(C2CCCCC2)C(=S)N1C1CCCC1. The molecule has 5 heteroatoms. The van der Waals surface area contributed by atoms with Crippen molar-refractivity contribution in [2.75, 3.05) is 6.61 Å². The molecular weight excluding hydrogens is 368 g/mol. The van der Waals surface area contributed by atoms with Crippen molar-refractivity contribution >= 4 is 23.3 Å². The van der Waals surface area contributed by atoms with E-state index in [4.69, 9.17) is 17.0 Å². The fourth-order valence-electron chi connectivity index (χ4n) is 5.45.